The smallest absolute Gasteiger partial charge is 0.408 e. The highest BCUT2D eigenvalue weighted by atomic mass is 35.5. The summed E-state index contributed by atoms with van der Waals surface area (Å²) < 4.78 is 33.0. The van der Waals surface area contributed by atoms with E-state index in [4.69, 9.17) is 27.9 Å². The highest BCUT2D eigenvalue weighted by Gasteiger charge is 2.34. The molecule has 1 saturated heterocycles. The van der Waals surface area contributed by atoms with E-state index < -0.39 is 46.3 Å². The molecule has 11 nitrogen and oxygen atoms in total. The molecule has 3 amide bonds. The summed E-state index contributed by atoms with van der Waals surface area (Å²) in [5.74, 6) is -0.818. The number of hydrogen-bond donors (Lipinski definition) is 3. The number of nitrogens with one attached hydrogen (secondary N) is 2. The van der Waals surface area contributed by atoms with Gasteiger partial charge in [0, 0.05) is 31.2 Å². The van der Waals surface area contributed by atoms with Crippen molar-refractivity contribution in [3.8, 4) is 0 Å². The van der Waals surface area contributed by atoms with E-state index >= 15 is 0 Å². The number of ether oxygens (including phenoxy) is 1. The number of alkyl carbamates (subject to hydrolysis) is 1. The molecule has 214 valence electrons. The SMILES string of the molecule is CC(C)C[C@H](NC(=O)OC(C)(C)C)C(=O)N1CCN(C(=O)[C@H](CO)NS(=O)(=O)c2ccc(Cl)cc2Cl)CC1. The Labute approximate surface area is 233 Å². The maximum atomic E-state index is 13.2. The van der Waals surface area contributed by atoms with Gasteiger partial charge in [-0.15, -0.1) is 0 Å². The van der Waals surface area contributed by atoms with Gasteiger partial charge in [0.15, 0.2) is 0 Å². The number of sulfonamides is 1. The van der Waals surface area contributed by atoms with Gasteiger partial charge in [-0.05, 0) is 51.3 Å². The molecule has 1 fully saturated rings. The van der Waals surface area contributed by atoms with Crippen LogP contribution in [-0.2, 0) is 24.3 Å². The van der Waals surface area contributed by atoms with Crippen LogP contribution in [0.25, 0.3) is 0 Å². The lowest BCUT2D eigenvalue weighted by Gasteiger charge is -2.38. The molecule has 1 aromatic rings. The molecule has 0 spiro atoms. The average molecular weight is 596 g/mol. The number of amides is 3. The minimum atomic E-state index is -4.24. The topological polar surface area (TPSA) is 145 Å². The van der Waals surface area contributed by atoms with Gasteiger partial charge >= 0.3 is 6.09 Å². The second-order valence-corrected chi connectivity index (χ2v) is 12.9. The van der Waals surface area contributed by atoms with E-state index in [1.54, 1.807) is 25.7 Å². The third kappa shape index (κ3) is 9.26. The summed E-state index contributed by atoms with van der Waals surface area (Å²) in [6.07, 6.45) is -0.289. The average Bonchev–Trinajstić information content (AvgIpc) is 2.79. The van der Waals surface area contributed by atoms with E-state index in [2.05, 4.69) is 10.0 Å². The molecule has 0 radical (unpaired) electrons. The molecule has 2 atom stereocenters. The van der Waals surface area contributed by atoms with Crippen molar-refractivity contribution in [3.05, 3.63) is 28.2 Å². The number of hydrogen-bond acceptors (Lipinski definition) is 7. The normalized spacial score (nSPS) is 16.2. The van der Waals surface area contributed by atoms with Gasteiger partial charge in [0.05, 0.1) is 11.6 Å². The van der Waals surface area contributed by atoms with Crippen molar-refractivity contribution in [2.24, 2.45) is 5.92 Å². The first-order valence-corrected chi connectivity index (χ1v) is 14.4. The Balaban J connectivity index is 2.04. The molecule has 3 N–H and O–H groups in total. The zero-order valence-electron chi connectivity index (χ0n) is 22.2. The Morgan fingerprint density at radius 1 is 1.03 bits per heavy atom. The van der Waals surface area contributed by atoms with Crippen molar-refractivity contribution in [3.63, 3.8) is 0 Å². The fourth-order valence-corrected chi connectivity index (χ4v) is 5.79. The minimum Gasteiger partial charge on any atom is -0.444 e. The first-order valence-electron chi connectivity index (χ1n) is 12.2. The van der Waals surface area contributed by atoms with Crippen LogP contribution in [0.4, 0.5) is 4.79 Å². The predicted molar refractivity (Wildman–Crippen MR) is 143 cm³/mol. The summed E-state index contributed by atoms with van der Waals surface area (Å²) in [5, 5.41) is 12.5. The maximum Gasteiger partial charge on any atom is 0.408 e. The molecule has 0 bridgehead atoms. The van der Waals surface area contributed by atoms with E-state index in [9.17, 15) is 27.9 Å². The standard InChI is InChI=1S/C24H36Cl2N4O7S/c1-15(2)12-18(27-23(34)37-24(3,4)5)21(32)29-8-10-30(11-9-29)22(33)19(14-31)28-38(35,36)20-7-6-16(25)13-17(20)26/h6-7,13,15,18-19,28,31H,8-12,14H2,1-5H3,(H,27,34)/t18-,19-/m0/s1. The molecule has 0 unspecified atom stereocenters. The quantitative estimate of drug-likeness (QED) is 0.397. The van der Waals surface area contributed by atoms with Crippen molar-refractivity contribution in [2.45, 2.75) is 63.6 Å². The van der Waals surface area contributed by atoms with Crippen LogP contribution in [0.5, 0.6) is 0 Å². The van der Waals surface area contributed by atoms with E-state index in [0.29, 0.717) is 6.42 Å². The lowest BCUT2D eigenvalue weighted by atomic mass is 10.0. The molecule has 1 aliphatic heterocycles. The maximum absolute atomic E-state index is 13.2. The molecule has 2 rings (SSSR count). The van der Waals surface area contributed by atoms with Gasteiger partial charge in [-0.2, -0.15) is 4.72 Å². The van der Waals surface area contributed by atoms with Crippen LogP contribution in [0.3, 0.4) is 0 Å². The molecular weight excluding hydrogens is 559 g/mol. The summed E-state index contributed by atoms with van der Waals surface area (Å²) in [4.78, 5) is 41.1. The van der Waals surface area contributed by atoms with Crippen molar-refractivity contribution in [1.29, 1.82) is 0 Å². The van der Waals surface area contributed by atoms with Crippen LogP contribution in [0.2, 0.25) is 10.0 Å². The monoisotopic (exact) mass is 594 g/mol. The van der Waals surface area contributed by atoms with Crippen LogP contribution in [0.15, 0.2) is 23.1 Å². The fraction of sp³-hybridized carbons (Fsp3) is 0.625. The second kappa shape index (κ2) is 13.3. The summed E-state index contributed by atoms with van der Waals surface area (Å²) in [7, 11) is -4.24. The number of benzene rings is 1. The van der Waals surface area contributed by atoms with Crippen LogP contribution in [0.1, 0.15) is 41.0 Å². The number of piperazine rings is 1. The summed E-state index contributed by atoms with van der Waals surface area (Å²) in [6.45, 7) is 8.84. The van der Waals surface area contributed by atoms with Crippen LogP contribution >= 0.6 is 23.2 Å². The minimum absolute atomic E-state index is 0.116. The summed E-state index contributed by atoms with van der Waals surface area (Å²) >= 11 is 11.8. The van der Waals surface area contributed by atoms with Crippen molar-refractivity contribution in [2.75, 3.05) is 32.8 Å². The predicted octanol–water partition coefficient (Wildman–Crippen LogP) is 2.24. The number of nitrogens with zero attached hydrogens (tertiary/aromatic N) is 2. The van der Waals surface area contributed by atoms with Gasteiger partial charge in [-0.3, -0.25) is 9.59 Å². The number of aliphatic hydroxyl groups is 1. The molecule has 38 heavy (non-hydrogen) atoms. The van der Waals surface area contributed by atoms with E-state index in [-0.39, 0.29) is 52.9 Å². The first kappa shape index (κ1) is 32.1. The summed E-state index contributed by atoms with van der Waals surface area (Å²) in [5.41, 5.74) is -0.717. The molecule has 1 aromatic carbocycles. The Morgan fingerprint density at radius 2 is 1.55 bits per heavy atom. The van der Waals surface area contributed by atoms with Crippen LogP contribution in [0, 0.1) is 5.92 Å². The molecule has 1 heterocycles. The van der Waals surface area contributed by atoms with Gasteiger partial charge in [0.25, 0.3) is 0 Å². The van der Waals surface area contributed by atoms with Gasteiger partial charge in [-0.1, -0.05) is 37.0 Å². The van der Waals surface area contributed by atoms with Gasteiger partial charge in [0.2, 0.25) is 21.8 Å². The van der Waals surface area contributed by atoms with E-state index in [0.717, 1.165) is 0 Å². The van der Waals surface area contributed by atoms with Gasteiger partial charge in [0.1, 0.15) is 22.6 Å². The number of carbonyl (C=O) groups is 3. The Bertz CT molecular complexity index is 1120. The molecular formula is C24H36Cl2N4O7S. The van der Waals surface area contributed by atoms with E-state index in [1.807, 2.05) is 13.8 Å². The molecule has 1 aliphatic rings. The lowest BCUT2D eigenvalue weighted by molar-refractivity contribution is -0.142. The number of halogens is 2. The van der Waals surface area contributed by atoms with Crippen LogP contribution in [-0.4, -0.2) is 91.7 Å². The summed E-state index contributed by atoms with van der Waals surface area (Å²) in [6, 6.07) is 1.56. The third-order valence-electron chi connectivity index (χ3n) is 5.56. The number of aliphatic hydroxyl groups excluding tert-OH is 1. The second-order valence-electron chi connectivity index (χ2n) is 10.4. The van der Waals surface area contributed by atoms with Crippen molar-refractivity contribution in [1.82, 2.24) is 19.8 Å². The molecule has 0 aliphatic carbocycles. The zero-order valence-corrected chi connectivity index (χ0v) is 24.5. The highest BCUT2D eigenvalue weighted by molar-refractivity contribution is 7.89. The molecule has 0 aromatic heterocycles. The number of rotatable bonds is 9. The van der Waals surface area contributed by atoms with Gasteiger partial charge < -0.3 is 25.0 Å². The Hall–Kier alpha value is -2.12. The zero-order chi connectivity index (χ0) is 28.8. The van der Waals surface area contributed by atoms with Crippen LogP contribution < -0.4 is 10.0 Å². The Kier molecular flexibility index (Phi) is 11.2. The molecule has 14 heteroatoms. The third-order valence-corrected chi connectivity index (χ3v) is 7.75. The largest absolute Gasteiger partial charge is 0.444 e. The fourth-order valence-electron chi connectivity index (χ4n) is 3.84. The van der Waals surface area contributed by atoms with Gasteiger partial charge in [-0.25, -0.2) is 13.2 Å². The van der Waals surface area contributed by atoms with Crippen molar-refractivity contribution < 1.29 is 32.6 Å². The first-order chi connectivity index (χ1) is 17.5. The molecule has 0 saturated carbocycles. The lowest BCUT2D eigenvalue weighted by Crippen LogP contribution is -2.59. The Morgan fingerprint density at radius 3 is 2.00 bits per heavy atom. The van der Waals surface area contributed by atoms with Crippen molar-refractivity contribution >= 4 is 51.1 Å². The number of carbonyl (C=O) groups excluding carboxylic acids is 3. The van der Waals surface area contributed by atoms with E-state index in [1.165, 1.54) is 23.1 Å². The highest BCUT2D eigenvalue weighted by Crippen LogP contribution is 2.25.